The van der Waals surface area contributed by atoms with Crippen LogP contribution in [0.25, 0.3) is 0 Å². The topological polar surface area (TPSA) is 69.6 Å². The molecule has 0 bridgehead atoms. The van der Waals surface area contributed by atoms with E-state index in [1.54, 1.807) is 0 Å². The van der Waals surface area contributed by atoms with E-state index >= 15 is 0 Å². The van der Waals surface area contributed by atoms with Gasteiger partial charge in [0.05, 0.1) is 11.4 Å². The minimum Gasteiger partial charge on any atom is -0.392 e. The van der Waals surface area contributed by atoms with E-state index in [1.165, 1.54) is 7.05 Å². The van der Waals surface area contributed by atoms with Gasteiger partial charge in [-0.3, -0.25) is 4.90 Å². The van der Waals surface area contributed by atoms with Crippen molar-refractivity contribution in [1.82, 2.24) is 9.62 Å². The van der Waals surface area contributed by atoms with Crippen molar-refractivity contribution in [2.24, 2.45) is 0 Å². The smallest absolute Gasteiger partial charge is 0.215 e. The van der Waals surface area contributed by atoms with E-state index in [1.807, 2.05) is 11.8 Å². The highest BCUT2D eigenvalue weighted by molar-refractivity contribution is 7.90. The van der Waals surface area contributed by atoms with Crippen molar-refractivity contribution in [3.05, 3.63) is 0 Å². The zero-order valence-electron chi connectivity index (χ0n) is 10.0. The molecule has 0 aliphatic carbocycles. The number of nitrogens with one attached hydrogen (secondary N) is 1. The van der Waals surface area contributed by atoms with Crippen molar-refractivity contribution in [3.8, 4) is 0 Å². The molecule has 0 amide bonds. The fraction of sp³-hybridized carbons (Fsp3) is 1.00. The van der Waals surface area contributed by atoms with E-state index < -0.39 is 10.0 Å². The van der Waals surface area contributed by atoms with Gasteiger partial charge in [-0.2, -0.15) is 0 Å². The Morgan fingerprint density at radius 2 is 2.25 bits per heavy atom. The van der Waals surface area contributed by atoms with E-state index in [0.717, 1.165) is 13.0 Å². The summed E-state index contributed by atoms with van der Waals surface area (Å²) in [7, 11) is -1.72. The summed E-state index contributed by atoms with van der Waals surface area (Å²) in [6.45, 7) is 3.91. The number of β-amino-alcohol motifs (C(OH)–C–C–N with tert-alkyl or cyclic N) is 1. The van der Waals surface area contributed by atoms with E-state index in [2.05, 4.69) is 4.72 Å². The van der Waals surface area contributed by atoms with Crippen LogP contribution in [0.4, 0.5) is 0 Å². The highest BCUT2D eigenvalue weighted by Crippen LogP contribution is 2.16. The Morgan fingerprint density at radius 1 is 1.56 bits per heavy atom. The van der Waals surface area contributed by atoms with Gasteiger partial charge in [0.25, 0.3) is 0 Å². The maximum Gasteiger partial charge on any atom is 0.215 e. The van der Waals surface area contributed by atoms with Gasteiger partial charge in [0.15, 0.2) is 0 Å². The second-order valence-corrected chi connectivity index (χ2v) is 6.50. The average molecular weight is 250 g/mol. The van der Waals surface area contributed by atoms with Gasteiger partial charge in [-0.15, -0.1) is 0 Å². The molecule has 0 unspecified atom stereocenters. The Morgan fingerprint density at radius 3 is 2.81 bits per heavy atom. The summed E-state index contributed by atoms with van der Waals surface area (Å²) in [5.74, 6) is 0. The molecule has 0 aromatic carbocycles. The van der Waals surface area contributed by atoms with Gasteiger partial charge in [0, 0.05) is 13.1 Å². The summed E-state index contributed by atoms with van der Waals surface area (Å²) in [5.41, 5.74) is 0. The zero-order chi connectivity index (χ0) is 12.2. The molecule has 96 valence electrons. The second kappa shape index (κ2) is 5.95. The van der Waals surface area contributed by atoms with Gasteiger partial charge in [-0.25, -0.2) is 13.1 Å². The molecule has 0 spiro atoms. The Labute approximate surface area is 97.9 Å². The molecule has 0 aromatic rings. The van der Waals surface area contributed by atoms with E-state index in [0.29, 0.717) is 25.9 Å². The first-order chi connectivity index (χ1) is 7.49. The zero-order valence-corrected chi connectivity index (χ0v) is 10.8. The van der Waals surface area contributed by atoms with Crippen LogP contribution in [0.1, 0.15) is 26.2 Å². The second-order valence-electron chi connectivity index (χ2n) is 4.34. The summed E-state index contributed by atoms with van der Waals surface area (Å²) in [6, 6.07) is 0. The highest BCUT2D eigenvalue weighted by Gasteiger charge is 2.29. The summed E-state index contributed by atoms with van der Waals surface area (Å²) in [6.07, 6.45) is 1.94. The van der Waals surface area contributed by atoms with Crippen LogP contribution >= 0.6 is 0 Å². The Hall–Kier alpha value is -0.170. The standard InChI is InChI=1S/C10H22N2O3S/c1-3-9(13)7-12-6-4-5-10(8-12)16(14,15)11-2/h9-11,13H,3-8H2,1-2H3/t9-,10-/m0/s1. The quantitative estimate of drug-likeness (QED) is 0.707. The number of rotatable bonds is 5. The van der Waals surface area contributed by atoms with Crippen LogP contribution in [0.15, 0.2) is 0 Å². The lowest BCUT2D eigenvalue weighted by molar-refractivity contribution is 0.0990. The molecular weight excluding hydrogens is 228 g/mol. The van der Waals surface area contributed by atoms with Crippen molar-refractivity contribution >= 4 is 10.0 Å². The molecule has 5 nitrogen and oxygen atoms in total. The summed E-state index contributed by atoms with van der Waals surface area (Å²) < 4.78 is 25.7. The van der Waals surface area contributed by atoms with Gasteiger partial charge in [-0.05, 0) is 32.9 Å². The minimum atomic E-state index is -3.17. The fourth-order valence-corrected chi connectivity index (χ4v) is 3.24. The SMILES string of the molecule is CC[C@H](O)CN1CCC[C@H](S(=O)(=O)NC)C1. The minimum absolute atomic E-state index is 0.338. The number of piperidine rings is 1. The van der Waals surface area contributed by atoms with Gasteiger partial charge in [0.1, 0.15) is 0 Å². The molecule has 2 atom stereocenters. The third kappa shape index (κ3) is 3.69. The van der Waals surface area contributed by atoms with Gasteiger partial charge in [-0.1, -0.05) is 6.92 Å². The number of aliphatic hydroxyl groups is 1. The predicted molar refractivity (Wildman–Crippen MR) is 63.7 cm³/mol. The molecule has 1 aliphatic heterocycles. The van der Waals surface area contributed by atoms with Gasteiger partial charge in [0.2, 0.25) is 10.0 Å². The highest BCUT2D eigenvalue weighted by atomic mass is 32.2. The van der Waals surface area contributed by atoms with Crippen LogP contribution < -0.4 is 4.72 Å². The van der Waals surface area contributed by atoms with Crippen LogP contribution in [0.3, 0.4) is 0 Å². The Kier molecular flexibility index (Phi) is 5.17. The molecule has 1 aliphatic rings. The van der Waals surface area contributed by atoms with Crippen molar-refractivity contribution in [1.29, 1.82) is 0 Å². The van der Waals surface area contributed by atoms with Crippen LogP contribution in [-0.2, 0) is 10.0 Å². The molecule has 16 heavy (non-hydrogen) atoms. The Balaban J connectivity index is 2.54. The van der Waals surface area contributed by atoms with Crippen molar-refractivity contribution in [2.45, 2.75) is 37.5 Å². The number of likely N-dealkylation sites (tertiary alicyclic amines) is 1. The van der Waals surface area contributed by atoms with E-state index in [9.17, 15) is 13.5 Å². The number of sulfonamides is 1. The van der Waals surface area contributed by atoms with Gasteiger partial charge >= 0.3 is 0 Å². The number of aliphatic hydroxyl groups excluding tert-OH is 1. The van der Waals surface area contributed by atoms with Crippen LogP contribution in [0.5, 0.6) is 0 Å². The molecule has 1 heterocycles. The van der Waals surface area contributed by atoms with Crippen LogP contribution in [0.2, 0.25) is 0 Å². The first kappa shape index (κ1) is 13.9. The molecule has 1 saturated heterocycles. The van der Waals surface area contributed by atoms with Crippen molar-refractivity contribution in [3.63, 3.8) is 0 Å². The molecular formula is C10H22N2O3S. The molecule has 0 aromatic heterocycles. The average Bonchev–Trinajstić information content (AvgIpc) is 2.29. The lowest BCUT2D eigenvalue weighted by Crippen LogP contribution is -2.47. The van der Waals surface area contributed by atoms with Crippen LogP contribution in [-0.4, -0.2) is 56.5 Å². The maximum atomic E-state index is 11.7. The third-order valence-electron chi connectivity index (χ3n) is 3.13. The van der Waals surface area contributed by atoms with Gasteiger partial charge < -0.3 is 5.11 Å². The van der Waals surface area contributed by atoms with Crippen molar-refractivity contribution in [2.75, 3.05) is 26.7 Å². The number of hydrogen-bond donors (Lipinski definition) is 2. The number of hydrogen-bond acceptors (Lipinski definition) is 4. The lowest BCUT2D eigenvalue weighted by Gasteiger charge is -2.33. The first-order valence-electron chi connectivity index (χ1n) is 5.82. The first-order valence-corrected chi connectivity index (χ1v) is 7.37. The predicted octanol–water partition coefficient (Wildman–Crippen LogP) is -0.229. The molecule has 1 fully saturated rings. The fourth-order valence-electron chi connectivity index (χ4n) is 2.03. The van der Waals surface area contributed by atoms with E-state index in [4.69, 9.17) is 0 Å². The normalized spacial score (nSPS) is 25.6. The van der Waals surface area contributed by atoms with Crippen molar-refractivity contribution < 1.29 is 13.5 Å². The Bertz CT molecular complexity index is 305. The monoisotopic (exact) mass is 250 g/mol. The lowest BCUT2D eigenvalue weighted by atomic mass is 10.1. The molecule has 0 saturated carbocycles. The molecule has 0 radical (unpaired) electrons. The molecule has 6 heteroatoms. The summed E-state index contributed by atoms with van der Waals surface area (Å²) >= 11 is 0. The van der Waals surface area contributed by atoms with E-state index in [-0.39, 0.29) is 11.4 Å². The summed E-state index contributed by atoms with van der Waals surface area (Å²) in [5, 5.41) is 9.21. The van der Waals surface area contributed by atoms with Crippen LogP contribution in [0, 0.1) is 0 Å². The largest absolute Gasteiger partial charge is 0.392 e. The molecule has 1 rings (SSSR count). The third-order valence-corrected chi connectivity index (χ3v) is 4.96. The number of nitrogens with zero attached hydrogens (tertiary/aromatic N) is 1. The summed E-state index contributed by atoms with van der Waals surface area (Å²) in [4.78, 5) is 2.04. The maximum absolute atomic E-state index is 11.7. The molecule has 2 N–H and O–H groups in total.